The molecule has 4 rings (SSSR count). The molecule has 3 aromatic carbocycles. The SMILES string of the molecule is COc1cccc(-n2c(C=Cc3ccccc3)nc3ccccc3c2=O)c1. The van der Waals surface area contributed by atoms with Crippen molar-refractivity contribution >= 4 is 23.1 Å². The standard InChI is InChI=1S/C23H18N2O2/c1-27-19-11-7-10-18(16-19)25-22(15-14-17-8-3-2-4-9-17)24-21-13-6-5-12-20(21)23(25)26/h2-16H,1H3. The zero-order valence-corrected chi connectivity index (χ0v) is 14.9. The number of aromatic nitrogens is 2. The number of rotatable bonds is 4. The van der Waals surface area contributed by atoms with E-state index in [1.807, 2.05) is 84.9 Å². The monoisotopic (exact) mass is 354 g/mol. The Bertz CT molecular complexity index is 1180. The van der Waals surface area contributed by atoms with Crippen LogP contribution in [0, 0.1) is 0 Å². The number of para-hydroxylation sites is 1. The van der Waals surface area contributed by atoms with E-state index in [4.69, 9.17) is 9.72 Å². The lowest BCUT2D eigenvalue weighted by Gasteiger charge is -2.12. The molecule has 0 amide bonds. The van der Waals surface area contributed by atoms with Gasteiger partial charge in [0.1, 0.15) is 11.6 Å². The molecular weight excluding hydrogens is 336 g/mol. The van der Waals surface area contributed by atoms with Gasteiger partial charge < -0.3 is 4.74 Å². The number of benzene rings is 3. The predicted octanol–water partition coefficient (Wildman–Crippen LogP) is 4.56. The number of hydrogen-bond donors (Lipinski definition) is 0. The largest absolute Gasteiger partial charge is 0.497 e. The summed E-state index contributed by atoms with van der Waals surface area (Å²) in [6.45, 7) is 0. The van der Waals surface area contributed by atoms with Gasteiger partial charge in [-0.1, -0.05) is 54.6 Å². The molecule has 0 bridgehead atoms. The first-order chi connectivity index (χ1) is 13.3. The van der Waals surface area contributed by atoms with E-state index in [9.17, 15) is 4.79 Å². The molecule has 0 aliphatic rings. The molecule has 0 N–H and O–H groups in total. The van der Waals surface area contributed by atoms with Crippen molar-refractivity contribution in [2.45, 2.75) is 0 Å². The van der Waals surface area contributed by atoms with Crippen molar-refractivity contribution in [1.29, 1.82) is 0 Å². The fourth-order valence-electron chi connectivity index (χ4n) is 3.00. The van der Waals surface area contributed by atoms with Crippen LogP contribution in [0.3, 0.4) is 0 Å². The Labute approximate surface area is 157 Å². The Hall–Kier alpha value is -3.66. The summed E-state index contributed by atoms with van der Waals surface area (Å²) in [4.78, 5) is 17.9. The van der Waals surface area contributed by atoms with Crippen molar-refractivity contribution in [3.63, 3.8) is 0 Å². The third kappa shape index (κ3) is 3.37. The average Bonchev–Trinajstić information content (AvgIpc) is 2.73. The molecule has 0 radical (unpaired) electrons. The van der Waals surface area contributed by atoms with Gasteiger partial charge in [-0.15, -0.1) is 0 Å². The molecule has 0 aliphatic carbocycles. The van der Waals surface area contributed by atoms with Gasteiger partial charge in [-0.05, 0) is 35.9 Å². The van der Waals surface area contributed by atoms with Crippen molar-refractivity contribution in [3.05, 3.63) is 101 Å². The normalized spacial score (nSPS) is 11.1. The molecule has 1 aromatic heterocycles. The molecule has 1 heterocycles. The van der Waals surface area contributed by atoms with Crippen LogP contribution in [0.25, 0.3) is 28.7 Å². The predicted molar refractivity (Wildman–Crippen MR) is 109 cm³/mol. The lowest BCUT2D eigenvalue weighted by Crippen LogP contribution is -2.22. The maximum absolute atomic E-state index is 13.2. The fourth-order valence-corrected chi connectivity index (χ4v) is 3.00. The van der Waals surface area contributed by atoms with Crippen LogP contribution in [0.4, 0.5) is 0 Å². The maximum atomic E-state index is 13.2. The summed E-state index contributed by atoms with van der Waals surface area (Å²) in [5, 5.41) is 0.581. The summed E-state index contributed by atoms with van der Waals surface area (Å²) in [5.74, 6) is 1.25. The highest BCUT2D eigenvalue weighted by Crippen LogP contribution is 2.19. The summed E-state index contributed by atoms with van der Waals surface area (Å²) < 4.78 is 6.93. The molecule has 0 atom stereocenters. The molecule has 0 fully saturated rings. The number of hydrogen-bond acceptors (Lipinski definition) is 3. The van der Waals surface area contributed by atoms with Gasteiger partial charge in [0.15, 0.2) is 0 Å². The highest BCUT2D eigenvalue weighted by atomic mass is 16.5. The van der Waals surface area contributed by atoms with E-state index in [0.29, 0.717) is 28.2 Å². The smallest absolute Gasteiger partial charge is 0.266 e. The molecule has 0 aliphatic heterocycles. The van der Waals surface area contributed by atoms with E-state index in [1.165, 1.54) is 0 Å². The quantitative estimate of drug-likeness (QED) is 0.539. The lowest BCUT2D eigenvalue weighted by atomic mass is 10.2. The Morgan fingerprint density at radius 3 is 2.48 bits per heavy atom. The summed E-state index contributed by atoms with van der Waals surface area (Å²) in [6, 6.07) is 24.7. The second-order valence-corrected chi connectivity index (χ2v) is 6.07. The van der Waals surface area contributed by atoms with Gasteiger partial charge in [0.05, 0.1) is 23.7 Å². The summed E-state index contributed by atoms with van der Waals surface area (Å²) >= 11 is 0. The topological polar surface area (TPSA) is 44.1 Å². The zero-order chi connectivity index (χ0) is 18.6. The van der Waals surface area contributed by atoms with Gasteiger partial charge >= 0.3 is 0 Å². The van der Waals surface area contributed by atoms with Gasteiger partial charge in [0.2, 0.25) is 0 Å². The molecule has 27 heavy (non-hydrogen) atoms. The van der Waals surface area contributed by atoms with Crippen molar-refractivity contribution in [2.75, 3.05) is 7.11 Å². The molecule has 0 spiro atoms. The van der Waals surface area contributed by atoms with E-state index in [0.717, 1.165) is 5.56 Å². The van der Waals surface area contributed by atoms with E-state index in [1.54, 1.807) is 17.7 Å². The molecule has 4 nitrogen and oxygen atoms in total. The Balaban J connectivity index is 1.95. The van der Waals surface area contributed by atoms with Crippen LogP contribution in [-0.4, -0.2) is 16.7 Å². The minimum atomic E-state index is -0.110. The highest BCUT2D eigenvalue weighted by molar-refractivity contribution is 5.80. The first-order valence-electron chi connectivity index (χ1n) is 8.65. The Morgan fingerprint density at radius 2 is 1.67 bits per heavy atom. The number of fused-ring (bicyclic) bond motifs is 1. The van der Waals surface area contributed by atoms with Crippen LogP contribution in [0.15, 0.2) is 83.7 Å². The molecule has 4 heteroatoms. The van der Waals surface area contributed by atoms with Crippen molar-refractivity contribution in [3.8, 4) is 11.4 Å². The molecule has 132 valence electrons. The second-order valence-electron chi connectivity index (χ2n) is 6.07. The van der Waals surface area contributed by atoms with Gasteiger partial charge in [-0.25, -0.2) is 4.98 Å². The van der Waals surface area contributed by atoms with E-state index in [-0.39, 0.29) is 5.56 Å². The van der Waals surface area contributed by atoms with Crippen molar-refractivity contribution in [1.82, 2.24) is 9.55 Å². The van der Waals surface area contributed by atoms with E-state index >= 15 is 0 Å². The minimum Gasteiger partial charge on any atom is -0.497 e. The molecule has 0 saturated carbocycles. The first-order valence-corrected chi connectivity index (χ1v) is 8.65. The van der Waals surface area contributed by atoms with Gasteiger partial charge in [0, 0.05) is 6.07 Å². The molecule has 4 aromatic rings. The van der Waals surface area contributed by atoms with Crippen LogP contribution >= 0.6 is 0 Å². The van der Waals surface area contributed by atoms with Gasteiger partial charge in [0.25, 0.3) is 5.56 Å². The third-order valence-corrected chi connectivity index (χ3v) is 4.34. The van der Waals surface area contributed by atoms with Crippen LogP contribution < -0.4 is 10.3 Å². The van der Waals surface area contributed by atoms with Crippen LogP contribution in [0.1, 0.15) is 11.4 Å². The molecular formula is C23H18N2O2. The lowest BCUT2D eigenvalue weighted by molar-refractivity contribution is 0.414. The Kier molecular flexibility index (Phi) is 4.54. The average molecular weight is 354 g/mol. The summed E-state index contributed by atoms with van der Waals surface area (Å²) in [5.41, 5.74) is 2.32. The van der Waals surface area contributed by atoms with E-state index < -0.39 is 0 Å². The molecule has 0 unspecified atom stereocenters. The van der Waals surface area contributed by atoms with Crippen LogP contribution in [-0.2, 0) is 0 Å². The number of ether oxygens (including phenoxy) is 1. The van der Waals surface area contributed by atoms with Crippen LogP contribution in [0.2, 0.25) is 0 Å². The van der Waals surface area contributed by atoms with Gasteiger partial charge in [-0.3, -0.25) is 9.36 Å². The summed E-state index contributed by atoms with van der Waals surface area (Å²) in [6.07, 6.45) is 3.82. The maximum Gasteiger partial charge on any atom is 0.266 e. The van der Waals surface area contributed by atoms with E-state index in [2.05, 4.69) is 0 Å². The second kappa shape index (κ2) is 7.30. The van der Waals surface area contributed by atoms with Crippen LogP contribution in [0.5, 0.6) is 5.75 Å². The van der Waals surface area contributed by atoms with Crippen molar-refractivity contribution < 1.29 is 4.74 Å². The Morgan fingerprint density at radius 1 is 0.889 bits per heavy atom. The minimum absolute atomic E-state index is 0.110. The highest BCUT2D eigenvalue weighted by Gasteiger charge is 2.11. The molecule has 0 saturated heterocycles. The van der Waals surface area contributed by atoms with Gasteiger partial charge in [-0.2, -0.15) is 0 Å². The third-order valence-electron chi connectivity index (χ3n) is 4.34. The summed E-state index contributed by atoms with van der Waals surface area (Å²) in [7, 11) is 1.61. The number of nitrogens with zero attached hydrogens (tertiary/aromatic N) is 2. The first kappa shape index (κ1) is 16.8. The van der Waals surface area contributed by atoms with Crippen molar-refractivity contribution in [2.24, 2.45) is 0 Å². The zero-order valence-electron chi connectivity index (χ0n) is 14.9. The number of methoxy groups -OCH3 is 1. The fraction of sp³-hybridized carbons (Fsp3) is 0.0435.